The normalized spacial score (nSPS) is 14.3. The molecule has 9 heteroatoms. The van der Waals surface area contributed by atoms with Crippen molar-refractivity contribution < 1.29 is 33.3 Å². The van der Waals surface area contributed by atoms with E-state index in [0.29, 0.717) is 18.5 Å². The Labute approximate surface area is 199 Å². The molecule has 1 amide bonds. The first-order valence-electron chi connectivity index (χ1n) is 11.1. The third-order valence-electron chi connectivity index (χ3n) is 4.97. The van der Waals surface area contributed by atoms with E-state index in [1.807, 2.05) is 44.2 Å². The molecule has 0 spiro atoms. The number of esters is 1. The second kappa shape index (κ2) is 12.7. The Bertz CT molecular complexity index is 967. The Kier molecular flexibility index (Phi) is 10.0. The highest BCUT2D eigenvalue weighted by Gasteiger charge is 2.32. The maximum atomic E-state index is 13.0. The maximum absolute atomic E-state index is 13.0. The number of carbonyl (C=O) groups excluding carboxylic acids is 3. The van der Waals surface area contributed by atoms with Gasteiger partial charge in [0.2, 0.25) is 5.75 Å². The molecular formula is C25H32N2O7. The lowest BCUT2D eigenvalue weighted by atomic mass is 10.0. The lowest BCUT2D eigenvalue weighted by Gasteiger charge is -2.30. The summed E-state index contributed by atoms with van der Waals surface area (Å²) in [6.45, 7) is 6.56. The molecule has 0 aliphatic carbocycles. The van der Waals surface area contributed by atoms with E-state index in [-0.39, 0.29) is 36.0 Å². The molecule has 0 saturated heterocycles. The van der Waals surface area contributed by atoms with Crippen LogP contribution in [0.2, 0.25) is 0 Å². The molecule has 0 aliphatic heterocycles. The van der Waals surface area contributed by atoms with Crippen molar-refractivity contribution in [2.75, 3.05) is 13.7 Å². The number of amides is 1. The first kappa shape index (κ1) is 26.8. The van der Waals surface area contributed by atoms with Gasteiger partial charge in [-0.1, -0.05) is 31.5 Å². The van der Waals surface area contributed by atoms with Gasteiger partial charge in [-0.05, 0) is 32.4 Å². The lowest BCUT2D eigenvalue weighted by molar-refractivity contribution is -0.132. The number of hydrogen-bond acceptors (Lipinski definition) is 8. The fourth-order valence-corrected chi connectivity index (χ4v) is 3.22. The van der Waals surface area contributed by atoms with E-state index >= 15 is 0 Å². The minimum Gasteiger partial charge on any atom is -0.493 e. The van der Waals surface area contributed by atoms with Crippen molar-refractivity contribution in [2.24, 2.45) is 0 Å². The standard InChI is InChI=1S/C25H32N2O7/c1-6-10-20(17(2)33-19-11-8-7-9-12-19)32-16-25(4,15-28)27-24(30)22-23(34-18(3)29)21(31-5)13-14-26-22/h7-9,11-15,17,20H,6,10,16H2,1-5H3,(H,27,30)/t17-,20+,25-/m1/s1. The summed E-state index contributed by atoms with van der Waals surface area (Å²) in [5.74, 6) is -0.605. The summed E-state index contributed by atoms with van der Waals surface area (Å²) < 4.78 is 22.3. The number of nitrogens with one attached hydrogen (secondary N) is 1. The second-order valence-corrected chi connectivity index (χ2v) is 8.05. The molecule has 0 fully saturated rings. The zero-order valence-electron chi connectivity index (χ0n) is 20.2. The van der Waals surface area contributed by atoms with E-state index in [9.17, 15) is 14.4 Å². The van der Waals surface area contributed by atoms with Crippen LogP contribution in [0.25, 0.3) is 0 Å². The molecule has 1 N–H and O–H groups in total. The number of aldehydes is 1. The molecule has 0 unspecified atom stereocenters. The predicted octanol–water partition coefficient (Wildman–Crippen LogP) is 3.36. The summed E-state index contributed by atoms with van der Waals surface area (Å²) in [6, 6.07) is 10.8. The van der Waals surface area contributed by atoms with E-state index in [2.05, 4.69) is 10.3 Å². The summed E-state index contributed by atoms with van der Waals surface area (Å²) in [6.07, 6.45) is 2.89. The van der Waals surface area contributed by atoms with Crippen LogP contribution in [0.15, 0.2) is 42.6 Å². The van der Waals surface area contributed by atoms with Crippen molar-refractivity contribution >= 4 is 18.2 Å². The predicted molar refractivity (Wildman–Crippen MR) is 125 cm³/mol. The van der Waals surface area contributed by atoms with Crippen molar-refractivity contribution in [1.82, 2.24) is 10.3 Å². The first-order valence-corrected chi connectivity index (χ1v) is 11.1. The van der Waals surface area contributed by atoms with E-state index in [1.165, 1.54) is 33.2 Å². The Morgan fingerprint density at radius 2 is 1.91 bits per heavy atom. The van der Waals surface area contributed by atoms with Gasteiger partial charge in [0.1, 0.15) is 23.7 Å². The van der Waals surface area contributed by atoms with E-state index < -0.39 is 17.4 Å². The molecular weight excluding hydrogens is 440 g/mol. The molecule has 2 aromatic rings. The van der Waals surface area contributed by atoms with Crippen molar-refractivity contribution in [3.05, 3.63) is 48.3 Å². The third-order valence-corrected chi connectivity index (χ3v) is 4.97. The molecule has 1 aromatic heterocycles. The van der Waals surface area contributed by atoms with Gasteiger partial charge in [-0.25, -0.2) is 4.98 Å². The van der Waals surface area contributed by atoms with Crippen LogP contribution < -0.4 is 19.5 Å². The summed E-state index contributed by atoms with van der Waals surface area (Å²) in [7, 11) is 1.37. The Morgan fingerprint density at radius 3 is 2.50 bits per heavy atom. The molecule has 0 aliphatic rings. The van der Waals surface area contributed by atoms with Crippen molar-refractivity contribution in [3.8, 4) is 17.2 Å². The summed E-state index contributed by atoms with van der Waals surface area (Å²) in [5.41, 5.74) is -1.55. The number of rotatable bonds is 13. The van der Waals surface area contributed by atoms with Crippen LogP contribution in [-0.4, -0.2) is 54.6 Å². The topological polar surface area (TPSA) is 113 Å². The Hall–Kier alpha value is -3.46. The van der Waals surface area contributed by atoms with Gasteiger partial charge in [-0.3, -0.25) is 9.59 Å². The van der Waals surface area contributed by atoms with Crippen molar-refractivity contribution in [2.45, 2.75) is 58.3 Å². The molecule has 0 bridgehead atoms. The highest BCUT2D eigenvalue weighted by atomic mass is 16.6. The minimum absolute atomic E-state index is 0.0950. The van der Waals surface area contributed by atoms with Crippen molar-refractivity contribution in [1.29, 1.82) is 0 Å². The summed E-state index contributed by atoms with van der Waals surface area (Å²) in [4.78, 5) is 40.4. The fraction of sp³-hybridized carbons (Fsp3) is 0.440. The van der Waals surface area contributed by atoms with Gasteiger partial charge in [-0.2, -0.15) is 0 Å². The zero-order chi connectivity index (χ0) is 25.1. The van der Waals surface area contributed by atoms with Crippen LogP contribution in [0.1, 0.15) is 51.0 Å². The highest BCUT2D eigenvalue weighted by Crippen LogP contribution is 2.30. The summed E-state index contributed by atoms with van der Waals surface area (Å²) >= 11 is 0. The molecule has 0 saturated carbocycles. The van der Waals surface area contributed by atoms with Crippen molar-refractivity contribution in [3.63, 3.8) is 0 Å². The maximum Gasteiger partial charge on any atom is 0.308 e. The van der Waals surface area contributed by atoms with Gasteiger partial charge in [0.25, 0.3) is 5.91 Å². The largest absolute Gasteiger partial charge is 0.493 e. The molecule has 1 heterocycles. The Morgan fingerprint density at radius 1 is 1.21 bits per heavy atom. The second-order valence-electron chi connectivity index (χ2n) is 8.05. The highest BCUT2D eigenvalue weighted by molar-refractivity contribution is 5.98. The van der Waals surface area contributed by atoms with Crippen LogP contribution in [0.3, 0.4) is 0 Å². The molecule has 1 aromatic carbocycles. The average Bonchev–Trinajstić information content (AvgIpc) is 2.82. The van der Waals surface area contributed by atoms with Gasteiger partial charge >= 0.3 is 5.97 Å². The number of nitrogens with zero attached hydrogens (tertiary/aromatic N) is 1. The third kappa shape index (κ3) is 7.55. The van der Waals surface area contributed by atoms with Gasteiger partial charge in [0, 0.05) is 19.2 Å². The van der Waals surface area contributed by atoms with Crippen LogP contribution >= 0.6 is 0 Å². The van der Waals surface area contributed by atoms with E-state index in [0.717, 1.165) is 6.42 Å². The molecule has 3 atom stereocenters. The number of pyridine rings is 1. The van der Waals surface area contributed by atoms with Crippen LogP contribution in [0.4, 0.5) is 0 Å². The molecule has 2 rings (SSSR count). The van der Waals surface area contributed by atoms with E-state index in [4.69, 9.17) is 18.9 Å². The van der Waals surface area contributed by atoms with Gasteiger partial charge in [0.05, 0.1) is 19.8 Å². The first-order chi connectivity index (χ1) is 16.2. The average molecular weight is 473 g/mol. The fourth-order valence-electron chi connectivity index (χ4n) is 3.22. The lowest BCUT2D eigenvalue weighted by Crippen LogP contribution is -2.52. The molecule has 0 radical (unpaired) electrons. The minimum atomic E-state index is -1.37. The number of aromatic nitrogens is 1. The molecule has 34 heavy (non-hydrogen) atoms. The van der Waals surface area contributed by atoms with Crippen LogP contribution in [0.5, 0.6) is 17.2 Å². The zero-order valence-corrected chi connectivity index (χ0v) is 20.2. The van der Waals surface area contributed by atoms with E-state index in [1.54, 1.807) is 0 Å². The Balaban J connectivity index is 2.14. The number of ether oxygens (including phenoxy) is 4. The van der Waals surface area contributed by atoms with Crippen LogP contribution in [0, 0.1) is 0 Å². The molecule has 184 valence electrons. The van der Waals surface area contributed by atoms with Gasteiger partial charge in [-0.15, -0.1) is 0 Å². The van der Waals surface area contributed by atoms with Gasteiger partial charge < -0.3 is 29.1 Å². The number of hydrogen-bond donors (Lipinski definition) is 1. The monoisotopic (exact) mass is 472 g/mol. The number of carbonyl (C=O) groups is 3. The number of methoxy groups -OCH3 is 1. The number of para-hydroxylation sites is 1. The SMILES string of the molecule is CCC[C@H](OC[C@@](C)(C=O)NC(=O)c1nccc(OC)c1OC(C)=O)[C@@H](C)Oc1ccccc1. The quantitative estimate of drug-likeness (QED) is 0.349. The van der Waals surface area contributed by atoms with Crippen LogP contribution in [-0.2, 0) is 14.3 Å². The smallest absolute Gasteiger partial charge is 0.308 e. The molecule has 9 nitrogen and oxygen atoms in total. The number of benzene rings is 1. The van der Waals surface area contributed by atoms with Gasteiger partial charge in [0.15, 0.2) is 11.4 Å². The summed E-state index contributed by atoms with van der Waals surface area (Å²) in [5, 5.41) is 2.63.